The Morgan fingerprint density at radius 3 is 2.81 bits per heavy atom. The van der Waals surface area contributed by atoms with Crippen molar-refractivity contribution in [3.63, 3.8) is 0 Å². The van der Waals surface area contributed by atoms with Crippen molar-refractivity contribution in [2.24, 2.45) is 5.73 Å². The first-order valence-corrected chi connectivity index (χ1v) is 4.99. The maximum atomic E-state index is 13.6. The largest absolute Gasteiger partial charge is 0.486 e. The summed E-state index contributed by atoms with van der Waals surface area (Å²) in [5.74, 6) is -0.573. The Balaban J connectivity index is 2.54. The van der Waals surface area contributed by atoms with Crippen LogP contribution in [-0.4, -0.2) is 25.0 Å². The van der Waals surface area contributed by atoms with E-state index in [0.717, 1.165) is 0 Å². The summed E-state index contributed by atoms with van der Waals surface area (Å²) in [4.78, 5) is 11.7. The number of carbonyl (C=O) groups excluding carboxylic acids is 1. The van der Waals surface area contributed by atoms with Gasteiger partial charge >= 0.3 is 0 Å². The molecule has 2 rings (SSSR count). The van der Waals surface area contributed by atoms with Crippen LogP contribution in [0.2, 0.25) is 0 Å². The second-order valence-corrected chi connectivity index (χ2v) is 3.60. The molecule has 1 aromatic rings. The van der Waals surface area contributed by atoms with Crippen LogP contribution < -0.4 is 15.2 Å². The molecule has 0 saturated heterocycles. The predicted octanol–water partition coefficient (Wildman–Crippen LogP) is 1.13. The van der Waals surface area contributed by atoms with Crippen molar-refractivity contribution < 1.29 is 18.7 Å². The molecular weight excluding hydrogens is 213 g/mol. The summed E-state index contributed by atoms with van der Waals surface area (Å²) in [5, 5.41) is 0. The molecule has 0 spiro atoms. The first kappa shape index (κ1) is 10.9. The lowest BCUT2D eigenvalue weighted by molar-refractivity contribution is 0.0951. The van der Waals surface area contributed by atoms with Gasteiger partial charge in [-0.1, -0.05) is 0 Å². The average Bonchev–Trinajstić information content (AvgIpc) is 2.28. The van der Waals surface area contributed by atoms with Crippen molar-refractivity contribution in [2.75, 3.05) is 13.2 Å². The van der Waals surface area contributed by atoms with Gasteiger partial charge in [-0.05, 0) is 19.1 Å². The summed E-state index contributed by atoms with van der Waals surface area (Å²) in [6.45, 7) is 2.20. The van der Waals surface area contributed by atoms with Crippen LogP contribution in [0.3, 0.4) is 0 Å². The van der Waals surface area contributed by atoms with Gasteiger partial charge < -0.3 is 15.2 Å². The summed E-state index contributed by atoms with van der Waals surface area (Å²) in [6, 6.07) is 1.86. The van der Waals surface area contributed by atoms with E-state index in [2.05, 4.69) is 0 Å². The third-order valence-corrected chi connectivity index (χ3v) is 2.32. The Labute approximate surface area is 92.1 Å². The molecule has 5 heteroatoms. The molecule has 0 bridgehead atoms. The van der Waals surface area contributed by atoms with Gasteiger partial charge in [-0.25, -0.2) is 4.39 Å². The number of rotatable bonds is 2. The first-order valence-electron chi connectivity index (χ1n) is 4.99. The van der Waals surface area contributed by atoms with Crippen LogP contribution in [0.25, 0.3) is 0 Å². The van der Waals surface area contributed by atoms with Crippen LogP contribution in [0.4, 0.5) is 4.39 Å². The summed E-state index contributed by atoms with van der Waals surface area (Å²) in [6.07, 6.45) is 0. The van der Waals surface area contributed by atoms with Crippen LogP contribution in [0.1, 0.15) is 17.3 Å². The first-order chi connectivity index (χ1) is 7.61. The molecule has 1 aromatic carbocycles. The van der Waals surface area contributed by atoms with Crippen molar-refractivity contribution in [3.05, 3.63) is 23.5 Å². The second-order valence-electron chi connectivity index (χ2n) is 3.60. The number of nitrogens with two attached hydrogens (primary N) is 1. The van der Waals surface area contributed by atoms with Crippen molar-refractivity contribution in [2.45, 2.75) is 13.0 Å². The molecule has 1 atom stereocenters. The van der Waals surface area contributed by atoms with E-state index < -0.39 is 17.6 Å². The van der Waals surface area contributed by atoms with Crippen molar-refractivity contribution >= 4 is 5.78 Å². The molecule has 16 heavy (non-hydrogen) atoms. The fourth-order valence-corrected chi connectivity index (χ4v) is 1.55. The molecule has 0 amide bonds. The lowest BCUT2D eigenvalue weighted by atomic mass is 10.0. The molecule has 1 heterocycles. The number of ether oxygens (including phenoxy) is 2. The zero-order chi connectivity index (χ0) is 11.7. The smallest absolute Gasteiger partial charge is 0.186 e. The fraction of sp³-hybridized carbons (Fsp3) is 0.364. The van der Waals surface area contributed by atoms with Gasteiger partial charge in [0.2, 0.25) is 0 Å². The van der Waals surface area contributed by atoms with Crippen LogP contribution in [0, 0.1) is 5.82 Å². The molecule has 86 valence electrons. The van der Waals surface area contributed by atoms with E-state index in [4.69, 9.17) is 15.2 Å². The van der Waals surface area contributed by atoms with Gasteiger partial charge in [-0.15, -0.1) is 0 Å². The third-order valence-electron chi connectivity index (χ3n) is 2.32. The summed E-state index contributed by atoms with van der Waals surface area (Å²) >= 11 is 0. The van der Waals surface area contributed by atoms with Crippen molar-refractivity contribution in [3.8, 4) is 11.5 Å². The van der Waals surface area contributed by atoms with Crippen LogP contribution in [0.15, 0.2) is 12.1 Å². The zero-order valence-corrected chi connectivity index (χ0v) is 8.83. The van der Waals surface area contributed by atoms with Gasteiger partial charge in [0.25, 0.3) is 0 Å². The molecule has 2 N–H and O–H groups in total. The van der Waals surface area contributed by atoms with E-state index in [-0.39, 0.29) is 11.3 Å². The SMILES string of the molecule is CC(N)C(=O)c1c(F)ccc2c1OCCO2. The Bertz CT molecular complexity index is 431. The normalized spacial score (nSPS) is 15.7. The van der Waals surface area contributed by atoms with E-state index >= 15 is 0 Å². The number of benzene rings is 1. The number of halogens is 1. The minimum absolute atomic E-state index is 0.118. The van der Waals surface area contributed by atoms with Gasteiger partial charge in [-0.3, -0.25) is 4.79 Å². The number of carbonyl (C=O) groups is 1. The zero-order valence-electron chi connectivity index (χ0n) is 8.83. The van der Waals surface area contributed by atoms with Crippen molar-refractivity contribution in [1.82, 2.24) is 0 Å². The lowest BCUT2D eigenvalue weighted by Crippen LogP contribution is -2.29. The van der Waals surface area contributed by atoms with Gasteiger partial charge in [-0.2, -0.15) is 0 Å². The molecule has 1 aliphatic rings. The predicted molar refractivity (Wildman–Crippen MR) is 55.4 cm³/mol. The van der Waals surface area contributed by atoms with Gasteiger partial charge in [0.05, 0.1) is 6.04 Å². The minimum Gasteiger partial charge on any atom is -0.486 e. The van der Waals surface area contributed by atoms with Crippen LogP contribution in [-0.2, 0) is 0 Å². The Kier molecular flexibility index (Phi) is 2.78. The molecule has 0 radical (unpaired) electrons. The number of fused-ring (bicyclic) bond motifs is 1. The topological polar surface area (TPSA) is 61.6 Å². The van der Waals surface area contributed by atoms with Gasteiger partial charge in [0.15, 0.2) is 17.3 Å². The summed E-state index contributed by atoms with van der Waals surface area (Å²) < 4.78 is 24.1. The van der Waals surface area contributed by atoms with E-state index in [1.165, 1.54) is 19.1 Å². The highest BCUT2D eigenvalue weighted by Gasteiger charge is 2.26. The molecule has 0 saturated carbocycles. The second kappa shape index (κ2) is 4.09. The van der Waals surface area contributed by atoms with E-state index in [1.54, 1.807) is 0 Å². The lowest BCUT2D eigenvalue weighted by Gasteiger charge is -2.21. The molecule has 0 aromatic heterocycles. The monoisotopic (exact) mass is 225 g/mol. The van der Waals surface area contributed by atoms with E-state index in [1.807, 2.05) is 0 Å². The Morgan fingerprint density at radius 2 is 2.12 bits per heavy atom. The fourth-order valence-electron chi connectivity index (χ4n) is 1.55. The number of ketones is 1. The van der Waals surface area contributed by atoms with Gasteiger partial charge in [0.1, 0.15) is 24.6 Å². The highest BCUT2D eigenvalue weighted by molar-refractivity contribution is 6.03. The molecule has 0 fully saturated rings. The minimum atomic E-state index is -0.772. The standard InChI is InChI=1S/C11H12FNO3/c1-6(13)10(14)9-7(12)2-3-8-11(9)16-5-4-15-8/h2-3,6H,4-5,13H2,1H3. The summed E-state index contributed by atoms with van der Waals surface area (Å²) in [7, 11) is 0. The molecule has 0 aliphatic carbocycles. The van der Waals surface area contributed by atoms with Crippen molar-refractivity contribution in [1.29, 1.82) is 0 Å². The Morgan fingerprint density at radius 1 is 1.44 bits per heavy atom. The molecule has 1 aliphatic heterocycles. The molecule has 4 nitrogen and oxygen atoms in total. The van der Waals surface area contributed by atoms with Gasteiger partial charge in [0, 0.05) is 0 Å². The maximum Gasteiger partial charge on any atom is 0.186 e. The van der Waals surface area contributed by atoms with E-state index in [0.29, 0.717) is 19.0 Å². The highest BCUT2D eigenvalue weighted by atomic mass is 19.1. The maximum absolute atomic E-state index is 13.6. The molecular formula is C11H12FNO3. The Hall–Kier alpha value is -1.62. The van der Waals surface area contributed by atoms with Crippen LogP contribution >= 0.6 is 0 Å². The highest BCUT2D eigenvalue weighted by Crippen LogP contribution is 2.35. The van der Waals surface area contributed by atoms with Crippen LogP contribution in [0.5, 0.6) is 11.5 Å². The number of Topliss-reactive ketones (excluding diaryl/α,β-unsaturated/α-hetero) is 1. The number of hydrogen-bond donors (Lipinski definition) is 1. The number of hydrogen-bond acceptors (Lipinski definition) is 4. The quantitative estimate of drug-likeness (QED) is 0.766. The average molecular weight is 225 g/mol. The molecule has 1 unspecified atom stereocenters. The van der Waals surface area contributed by atoms with E-state index in [9.17, 15) is 9.18 Å². The summed E-state index contributed by atoms with van der Waals surface area (Å²) in [5.41, 5.74) is 5.34. The third kappa shape index (κ3) is 1.74.